The third kappa shape index (κ3) is 4.11. The van der Waals surface area contributed by atoms with Crippen LogP contribution in [0.5, 0.6) is 5.75 Å². The lowest BCUT2D eigenvalue weighted by atomic mass is 10.1. The van der Waals surface area contributed by atoms with E-state index in [1.165, 1.54) is 14.2 Å². The van der Waals surface area contributed by atoms with Gasteiger partial charge in [0.15, 0.2) is 0 Å². The molecule has 24 heavy (non-hydrogen) atoms. The summed E-state index contributed by atoms with van der Waals surface area (Å²) in [7, 11) is -0.839. The van der Waals surface area contributed by atoms with Crippen LogP contribution in [0.1, 0.15) is 22.9 Å². The van der Waals surface area contributed by atoms with Crippen molar-refractivity contribution in [1.82, 2.24) is 9.71 Å². The Balaban J connectivity index is 2.41. The van der Waals surface area contributed by atoms with Crippen molar-refractivity contribution >= 4 is 10.0 Å². The van der Waals surface area contributed by atoms with Crippen molar-refractivity contribution < 1.29 is 17.9 Å². The van der Waals surface area contributed by atoms with Crippen LogP contribution in [0.15, 0.2) is 41.4 Å². The number of aromatic nitrogens is 1. The fraction of sp³-hybridized carbons (Fsp3) is 0.353. The van der Waals surface area contributed by atoms with Crippen LogP contribution in [0.4, 0.5) is 0 Å². The first-order valence-electron chi connectivity index (χ1n) is 7.46. The van der Waals surface area contributed by atoms with E-state index in [2.05, 4.69) is 9.71 Å². The second-order valence-corrected chi connectivity index (χ2v) is 7.15. The number of methoxy groups -OCH3 is 2. The van der Waals surface area contributed by atoms with Gasteiger partial charge in [0.25, 0.3) is 0 Å². The minimum Gasteiger partial charge on any atom is -0.495 e. The summed E-state index contributed by atoms with van der Waals surface area (Å²) in [5.74, 6) is 0.308. The highest BCUT2D eigenvalue weighted by Crippen LogP contribution is 2.28. The van der Waals surface area contributed by atoms with E-state index in [1.807, 2.05) is 13.8 Å². The van der Waals surface area contributed by atoms with Gasteiger partial charge < -0.3 is 9.47 Å². The monoisotopic (exact) mass is 350 g/mol. The second kappa shape index (κ2) is 7.74. The Morgan fingerprint density at radius 2 is 1.88 bits per heavy atom. The molecule has 0 saturated carbocycles. The van der Waals surface area contributed by atoms with E-state index in [1.54, 1.807) is 36.5 Å². The maximum Gasteiger partial charge on any atom is 0.244 e. The van der Waals surface area contributed by atoms with Gasteiger partial charge in [-0.2, -0.15) is 4.72 Å². The molecule has 1 unspecified atom stereocenters. The fourth-order valence-corrected chi connectivity index (χ4v) is 3.74. The van der Waals surface area contributed by atoms with E-state index >= 15 is 0 Å². The van der Waals surface area contributed by atoms with Gasteiger partial charge in [-0.1, -0.05) is 6.07 Å². The number of sulfonamides is 1. The molecule has 0 radical (unpaired) electrons. The molecule has 7 heteroatoms. The number of nitrogens with zero attached hydrogens (tertiary/aromatic N) is 1. The lowest BCUT2D eigenvalue weighted by Crippen LogP contribution is -2.32. The van der Waals surface area contributed by atoms with E-state index in [0.717, 1.165) is 11.1 Å². The predicted octanol–water partition coefficient (Wildman–Crippen LogP) is 2.37. The Labute approximate surface area is 142 Å². The van der Waals surface area contributed by atoms with E-state index in [9.17, 15) is 8.42 Å². The van der Waals surface area contributed by atoms with E-state index in [0.29, 0.717) is 11.4 Å². The number of hydrogen-bond donors (Lipinski definition) is 1. The molecular weight excluding hydrogens is 328 g/mol. The molecule has 6 nitrogen and oxygen atoms in total. The molecule has 0 saturated heterocycles. The molecule has 1 heterocycles. The van der Waals surface area contributed by atoms with Gasteiger partial charge in [-0.05, 0) is 49.2 Å². The number of rotatable bonds is 7. The summed E-state index contributed by atoms with van der Waals surface area (Å²) >= 11 is 0. The van der Waals surface area contributed by atoms with Crippen molar-refractivity contribution in [3.8, 4) is 5.75 Å². The average Bonchev–Trinajstić information content (AvgIpc) is 2.57. The topological polar surface area (TPSA) is 77.5 Å². The molecule has 0 aliphatic carbocycles. The normalized spacial score (nSPS) is 12.8. The van der Waals surface area contributed by atoms with Crippen LogP contribution in [-0.4, -0.2) is 34.2 Å². The lowest BCUT2D eigenvalue weighted by molar-refractivity contribution is 0.174. The van der Waals surface area contributed by atoms with Crippen LogP contribution in [0.3, 0.4) is 0 Å². The first-order chi connectivity index (χ1) is 11.4. The van der Waals surface area contributed by atoms with Crippen LogP contribution in [0.2, 0.25) is 0 Å². The van der Waals surface area contributed by atoms with Crippen molar-refractivity contribution in [2.45, 2.75) is 24.8 Å². The number of hydrogen-bond acceptors (Lipinski definition) is 5. The SMILES string of the molecule is COCC(NS(=O)(=O)c1cc(C)c(C)cc1OC)c1ccccn1. The van der Waals surface area contributed by atoms with Crippen molar-refractivity contribution in [3.63, 3.8) is 0 Å². The van der Waals surface area contributed by atoms with E-state index in [4.69, 9.17) is 9.47 Å². The highest BCUT2D eigenvalue weighted by molar-refractivity contribution is 7.89. The minimum atomic E-state index is -3.81. The first-order valence-corrected chi connectivity index (χ1v) is 8.94. The second-order valence-electron chi connectivity index (χ2n) is 5.47. The standard InChI is InChI=1S/C17H22N2O4S/c1-12-9-16(23-4)17(10-13(12)2)24(20,21)19-15(11-22-3)14-7-5-6-8-18-14/h5-10,15,19H,11H2,1-4H3. The van der Waals surface area contributed by atoms with Gasteiger partial charge in [0, 0.05) is 13.3 Å². The Kier molecular flexibility index (Phi) is 5.93. The molecule has 2 rings (SSSR count). The molecule has 1 aromatic heterocycles. The number of ether oxygens (including phenoxy) is 2. The molecule has 1 N–H and O–H groups in total. The largest absolute Gasteiger partial charge is 0.495 e. The molecule has 0 aliphatic rings. The first kappa shape index (κ1) is 18.4. The van der Waals surface area contributed by atoms with Gasteiger partial charge in [0.2, 0.25) is 10.0 Å². The molecule has 0 fully saturated rings. The molecule has 0 bridgehead atoms. The van der Waals surface area contributed by atoms with Crippen LogP contribution < -0.4 is 9.46 Å². The van der Waals surface area contributed by atoms with Gasteiger partial charge in [0.1, 0.15) is 10.6 Å². The Hall–Kier alpha value is -1.96. The third-order valence-corrected chi connectivity index (χ3v) is 5.24. The molecule has 2 aromatic rings. The molecule has 1 aromatic carbocycles. The zero-order chi connectivity index (χ0) is 17.7. The summed E-state index contributed by atoms with van der Waals surface area (Å²) in [6.07, 6.45) is 1.61. The van der Waals surface area contributed by atoms with Crippen molar-refractivity contribution in [3.05, 3.63) is 53.3 Å². The van der Waals surface area contributed by atoms with Crippen LogP contribution in [-0.2, 0) is 14.8 Å². The summed E-state index contributed by atoms with van der Waals surface area (Å²) in [5.41, 5.74) is 2.42. The Bertz CT molecular complexity index is 792. The molecule has 0 spiro atoms. The smallest absolute Gasteiger partial charge is 0.244 e. The lowest BCUT2D eigenvalue weighted by Gasteiger charge is -2.19. The van der Waals surface area contributed by atoms with Gasteiger partial charge >= 0.3 is 0 Å². The Morgan fingerprint density at radius 1 is 1.17 bits per heavy atom. The van der Waals surface area contributed by atoms with Crippen molar-refractivity contribution in [2.75, 3.05) is 20.8 Å². The highest BCUT2D eigenvalue weighted by Gasteiger charge is 2.26. The van der Waals surface area contributed by atoms with E-state index < -0.39 is 16.1 Å². The summed E-state index contributed by atoms with van der Waals surface area (Å²) in [5, 5.41) is 0. The predicted molar refractivity (Wildman–Crippen MR) is 91.6 cm³/mol. The average molecular weight is 350 g/mol. The minimum absolute atomic E-state index is 0.102. The van der Waals surface area contributed by atoms with Crippen molar-refractivity contribution in [1.29, 1.82) is 0 Å². The fourth-order valence-electron chi connectivity index (χ4n) is 2.31. The zero-order valence-corrected chi connectivity index (χ0v) is 15.1. The number of aryl methyl sites for hydroxylation is 2. The number of nitrogens with one attached hydrogen (secondary N) is 1. The Morgan fingerprint density at radius 3 is 2.46 bits per heavy atom. The van der Waals surface area contributed by atoms with Gasteiger partial charge in [-0.25, -0.2) is 8.42 Å². The number of pyridine rings is 1. The highest BCUT2D eigenvalue weighted by atomic mass is 32.2. The number of benzene rings is 1. The molecular formula is C17H22N2O4S. The molecule has 0 amide bonds. The van der Waals surface area contributed by atoms with Gasteiger partial charge in [-0.3, -0.25) is 4.98 Å². The maximum absolute atomic E-state index is 12.9. The molecule has 1 atom stereocenters. The quantitative estimate of drug-likeness (QED) is 0.829. The third-order valence-electron chi connectivity index (χ3n) is 3.75. The van der Waals surface area contributed by atoms with Crippen LogP contribution in [0, 0.1) is 13.8 Å². The van der Waals surface area contributed by atoms with Crippen LogP contribution >= 0.6 is 0 Å². The van der Waals surface area contributed by atoms with E-state index in [-0.39, 0.29) is 11.5 Å². The van der Waals surface area contributed by atoms with Crippen LogP contribution in [0.25, 0.3) is 0 Å². The summed E-state index contributed by atoms with van der Waals surface area (Å²) in [6.45, 7) is 3.94. The van der Waals surface area contributed by atoms with Gasteiger partial charge in [-0.15, -0.1) is 0 Å². The summed E-state index contributed by atoms with van der Waals surface area (Å²) in [4.78, 5) is 4.31. The molecule has 130 valence electrons. The maximum atomic E-state index is 12.9. The zero-order valence-electron chi connectivity index (χ0n) is 14.2. The van der Waals surface area contributed by atoms with Crippen molar-refractivity contribution in [2.24, 2.45) is 0 Å². The van der Waals surface area contributed by atoms with Gasteiger partial charge in [0.05, 0.1) is 25.5 Å². The summed E-state index contributed by atoms with van der Waals surface area (Å²) < 4.78 is 38.8. The molecule has 0 aliphatic heterocycles. The summed E-state index contributed by atoms with van der Waals surface area (Å²) in [6, 6.07) is 8.07.